The number of H-pyrrole nitrogens is 1. The highest BCUT2D eigenvalue weighted by Crippen LogP contribution is 2.22. The zero-order chi connectivity index (χ0) is 15.0. The minimum atomic E-state index is -0.436. The van der Waals surface area contributed by atoms with Gasteiger partial charge in [0, 0.05) is 35.9 Å². The van der Waals surface area contributed by atoms with Crippen LogP contribution in [-0.2, 0) is 4.74 Å². The molecule has 1 aromatic carbocycles. The normalized spacial score (nSPS) is 15.9. The fourth-order valence-corrected chi connectivity index (χ4v) is 2.42. The minimum absolute atomic E-state index is 0.235. The highest BCUT2D eigenvalue weighted by Gasteiger charge is 2.33. The van der Waals surface area contributed by atoms with E-state index in [1.165, 1.54) is 5.39 Å². The van der Waals surface area contributed by atoms with Gasteiger partial charge in [-0.05, 0) is 45.0 Å². The second-order valence-corrected chi connectivity index (χ2v) is 6.51. The van der Waals surface area contributed by atoms with E-state index in [4.69, 9.17) is 4.74 Å². The number of carbonyl (C=O) groups excluding carboxylic acids is 1. The second kappa shape index (κ2) is 4.98. The first-order valence-corrected chi connectivity index (χ1v) is 7.22. The van der Waals surface area contributed by atoms with Crippen LogP contribution in [0.25, 0.3) is 10.9 Å². The standard InChI is InChI=1S/C16H21N3O2/c1-16(2,3)21-15(20)19-9-13(10-19)18-12-4-5-14-11(8-12)6-7-17-14/h4-8,13,17-18H,9-10H2,1-3H3. The Hall–Kier alpha value is -2.17. The van der Waals surface area contributed by atoms with Gasteiger partial charge in [0.15, 0.2) is 0 Å². The van der Waals surface area contributed by atoms with Gasteiger partial charge in [-0.3, -0.25) is 0 Å². The number of nitrogens with zero attached hydrogens (tertiary/aromatic N) is 1. The van der Waals surface area contributed by atoms with Crippen molar-refractivity contribution in [3.8, 4) is 0 Å². The first-order valence-electron chi connectivity index (χ1n) is 7.22. The molecule has 0 atom stereocenters. The van der Waals surface area contributed by atoms with E-state index in [0.29, 0.717) is 13.1 Å². The largest absolute Gasteiger partial charge is 0.444 e. The van der Waals surface area contributed by atoms with Gasteiger partial charge >= 0.3 is 6.09 Å². The Kier molecular flexibility index (Phi) is 3.27. The molecule has 0 spiro atoms. The Morgan fingerprint density at radius 1 is 1.33 bits per heavy atom. The van der Waals surface area contributed by atoms with Gasteiger partial charge in [-0.15, -0.1) is 0 Å². The number of nitrogens with one attached hydrogen (secondary N) is 2. The van der Waals surface area contributed by atoms with Crippen LogP contribution in [0.4, 0.5) is 10.5 Å². The van der Waals surface area contributed by atoms with Crippen molar-refractivity contribution in [2.24, 2.45) is 0 Å². The summed E-state index contributed by atoms with van der Waals surface area (Å²) in [5.41, 5.74) is 1.77. The quantitative estimate of drug-likeness (QED) is 0.891. The molecule has 1 fully saturated rings. The average molecular weight is 287 g/mol. The lowest BCUT2D eigenvalue weighted by molar-refractivity contribution is 0.0105. The van der Waals surface area contributed by atoms with Gasteiger partial charge in [0.2, 0.25) is 0 Å². The molecule has 2 aromatic rings. The fourth-order valence-electron chi connectivity index (χ4n) is 2.42. The number of likely N-dealkylation sites (tertiary alicyclic amines) is 1. The summed E-state index contributed by atoms with van der Waals surface area (Å²) in [7, 11) is 0. The highest BCUT2D eigenvalue weighted by atomic mass is 16.6. The number of hydrogen-bond acceptors (Lipinski definition) is 3. The van der Waals surface area contributed by atoms with E-state index in [-0.39, 0.29) is 12.1 Å². The summed E-state index contributed by atoms with van der Waals surface area (Å²) >= 11 is 0. The Bertz CT molecular complexity index is 651. The maximum Gasteiger partial charge on any atom is 0.410 e. The smallest absolute Gasteiger partial charge is 0.410 e. The lowest BCUT2D eigenvalue weighted by atomic mass is 10.1. The van der Waals surface area contributed by atoms with Crippen molar-refractivity contribution < 1.29 is 9.53 Å². The average Bonchev–Trinajstić information content (AvgIpc) is 2.77. The molecule has 0 aliphatic carbocycles. The molecule has 5 nitrogen and oxygen atoms in total. The number of fused-ring (bicyclic) bond motifs is 1. The molecule has 2 N–H and O–H groups in total. The Labute approximate surface area is 124 Å². The van der Waals surface area contributed by atoms with Crippen molar-refractivity contribution in [3.05, 3.63) is 30.5 Å². The van der Waals surface area contributed by atoms with Crippen molar-refractivity contribution in [2.75, 3.05) is 18.4 Å². The van der Waals surface area contributed by atoms with Crippen LogP contribution in [-0.4, -0.2) is 40.7 Å². The molecule has 5 heteroatoms. The molecule has 0 saturated carbocycles. The van der Waals surface area contributed by atoms with E-state index in [0.717, 1.165) is 11.2 Å². The number of anilines is 1. The number of carbonyl (C=O) groups is 1. The summed E-state index contributed by atoms with van der Waals surface area (Å²) in [6, 6.07) is 8.56. The number of amides is 1. The van der Waals surface area contributed by atoms with Gasteiger partial charge in [-0.2, -0.15) is 0 Å². The molecule has 1 aliphatic heterocycles. The number of ether oxygens (including phenoxy) is 1. The van der Waals surface area contributed by atoms with E-state index < -0.39 is 5.60 Å². The minimum Gasteiger partial charge on any atom is -0.444 e. The number of aromatic nitrogens is 1. The van der Waals surface area contributed by atoms with E-state index >= 15 is 0 Å². The van der Waals surface area contributed by atoms with Crippen LogP contribution in [0.2, 0.25) is 0 Å². The van der Waals surface area contributed by atoms with Crippen molar-refractivity contribution in [2.45, 2.75) is 32.4 Å². The van der Waals surface area contributed by atoms with Crippen molar-refractivity contribution in [1.29, 1.82) is 0 Å². The lowest BCUT2D eigenvalue weighted by Gasteiger charge is -2.40. The molecular weight excluding hydrogens is 266 g/mol. The number of aromatic amines is 1. The molecule has 3 rings (SSSR count). The third-order valence-electron chi connectivity index (χ3n) is 3.46. The lowest BCUT2D eigenvalue weighted by Crippen LogP contribution is -2.57. The molecule has 1 aromatic heterocycles. The molecule has 0 radical (unpaired) electrons. The molecule has 21 heavy (non-hydrogen) atoms. The van der Waals surface area contributed by atoms with Gasteiger partial charge in [-0.1, -0.05) is 0 Å². The SMILES string of the molecule is CC(C)(C)OC(=O)N1CC(Nc2ccc3[nH]ccc3c2)C1. The third kappa shape index (κ3) is 3.12. The molecule has 1 saturated heterocycles. The van der Waals surface area contributed by atoms with Crippen LogP contribution < -0.4 is 5.32 Å². The van der Waals surface area contributed by atoms with Crippen LogP contribution >= 0.6 is 0 Å². The van der Waals surface area contributed by atoms with Crippen molar-refractivity contribution in [3.63, 3.8) is 0 Å². The summed E-state index contributed by atoms with van der Waals surface area (Å²) in [6.45, 7) is 7.01. The number of benzene rings is 1. The molecule has 1 aliphatic rings. The van der Waals surface area contributed by atoms with Gasteiger partial charge in [-0.25, -0.2) is 4.79 Å². The first-order chi connectivity index (χ1) is 9.90. The predicted octanol–water partition coefficient (Wildman–Crippen LogP) is 3.20. The van der Waals surface area contributed by atoms with E-state index in [2.05, 4.69) is 28.5 Å². The van der Waals surface area contributed by atoms with E-state index in [1.54, 1.807) is 4.90 Å². The Balaban J connectivity index is 1.53. The summed E-state index contributed by atoms with van der Waals surface area (Å²) in [5, 5.41) is 4.63. The maximum atomic E-state index is 11.9. The molecule has 1 amide bonds. The molecule has 0 unspecified atom stereocenters. The van der Waals surface area contributed by atoms with Crippen LogP contribution in [0, 0.1) is 0 Å². The van der Waals surface area contributed by atoms with Gasteiger partial charge in [0.1, 0.15) is 5.60 Å². The number of hydrogen-bond donors (Lipinski definition) is 2. The first kappa shape index (κ1) is 13.8. The fraction of sp³-hybridized carbons (Fsp3) is 0.438. The molecule has 0 bridgehead atoms. The van der Waals surface area contributed by atoms with E-state index in [9.17, 15) is 4.79 Å². The van der Waals surface area contributed by atoms with Crippen LogP contribution in [0.3, 0.4) is 0 Å². The predicted molar refractivity (Wildman–Crippen MR) is 83.5 cm³/mol. The molecule has 2 heterocycles. The number of rotatable bonds is 2. The Morgan fingerprint density at radius 3 is 2.81 bits per heavy atom. The van der Waals surface area contributed by atoms with E-state index in [1.807, 2.05) is 33.0 Å². The van der Waals surface area contributed by atoms with Crippen LogP contribution in [0.5, 0.6) is 0 Å². The Morgan fingerprint density at radius 2 is 2.10 bits per heavy atom. The van der Waals surface area contributed by atoms with Gasteiger partial charge < -0.3 is 19.9 Å². The summed E-state index contributed by atoms with van der Waals surface area (Å²) in [6.07, 6.45) is 1.70. The maximum absolute atomic E-state index is 11.9. The summed E-state index contributed by atoms with van der Waals surface area (Å²) in [5.74, 6) is 0. The molecule has 112 valence electrons. The monoisotopic (exact) mass is 287 g/mol. The summed E-state index contributed by atoms with van der Waals surface area (Å²) < 4.78 is 5.34. The zero-order valence-corrected chi connectivity index (χ0v) is 12.6. The van der Waals surface area contributed by atoms with Crippen molar-refractivity contribution >= 4 is 22.7 Å². The van der Waals surface area contributed by atoms with Crippen molar-refractivity contribution in [1.82, 2.24) is 9.88 Å². The second-order valence-electron chi connectivity index (χ2n) is 6.51. The third-order valence-corrected chi connectivity index (χ3v) is 3.46. The topological polar surface area (TPSA) is 57.4 Å². The van der Waals surface area contributed by atoms with Gasteiger partial charge in [0.25, 0.3) is 0 Å². The van der Waals surface area contributed by atoms with Gasteiger partial charge in [0.05, 0.1) is 6.04 Å². The highest BCUT2D eigenvalue weighted by molar-refractivity contribution is 5.83. The molecular formula is C16H21N3O2. The summed E-state index contributed by atoms with van der Waals surface area (Å²) in [4.78, 5) is 16.7. The van der Waals surface area contributed by atoms with Crippen LogP contribution in [0.15, 0.2) is 30.5 Å². The zero-order valence-electron chi connectivity index (χ0n) is 12.6. The van der Waals surface area contributed by atoms with Crippen LogP contribution in [0.1, 0.15) is 20.8 Å².